The first-order valence-electron chi connectivity index (χ1n) is 8.79. The van der Waals surface area contributed by atoms with Gasteiger partial charge in [0.05, 0.1) is 18.3 Å². The smallest absolute Gasteiger partial charge is 0.293 e. The number of fused-ring (bicyclic) bond motifs is 1. The van der Waals surface area contributed by atoms with Gasteiger partial charge >= 0.3 is 0 Å². The Labute approximate surface area is 151 Å². The lowest BCUT2D eigenvalue weighted by molar-refractivity contribution is 0.0496. The summed E-state index contributed by atoms with van der Waals surface area (Å²) in [5.74, 6) is 1.81. The summed E-state index contributed by atoms with van der Waals surface area (Å²) >= 11 is 0. The Morgan fingerprint density at radius 3 is 2.65 bits per heavy atom. The average Bonchev–Trinajstić information content (AvgIpc) is 3.27. The first kappa shape index (κ1) is 16.5. The SMILES string of the molecule is Cc1cc(C(=O)N2CCn3nc(-c4ccccc4)nc3[C@@H]2C(C)C)on1. The molecule has 0 spiro atoms. The van der Waals surface area contributed by atoms with Gasteiger partial charge in [0.2, 0.25) is 5.76 Å². The Morgan fingerprint density at radius 1 is 1.23 bits per heavy atom. The molecular formula is C19H21N5O2. The molecule has 1 amide bonds. The summed E-state index contributed by atoms with van der Waals surface area (Å²) in [5, 5.41) is 8.49. The maximum atomic E-state index is 12.9. The van der Waals surface area contributed by atoms with Gasteiger partial charge in [0, 0.05) is 18.2 Å². The fraction of sp³-hybridized carbons (Fsp3) is 0.368. The van der Waals surface area contributed by atoms with Crippen molar-refractivity contribution in [2.45, 2.75) is 33.4 Å². The normalized spacial score (nSPS) is 16.8. The highest BCUT2D eigenvalue weighted by atomic mass is 16.5. The van der Waals surface area contributed by atoms with E-state index >= 15 is 0 Å². The zero-order chi connectivity index (χ0) is 18.3. The number of amides is 1. The number of aromatic nitrogens is 4. The average molecular weight is 351 g/mol. The van der Waals surface area contributed by atoms with Gasteiger partial charge in [0.25, 0.3) is 5.91 Å². The number of benzene rings is 1. The highest BCUT2D eigenvalue weighted by Crippen LogP contribution is 2.33. The fourth-order valence-electron chi connectivity index (χ4n) is 3.42. The number of aryl methyl sites for hydroxylation is 1. The lowest BCUT2D eigenvalue weighted by atomic mass is 9.99. The molecule has 0 fully saturated rings. The van der Waals surface area contributed by atoms with Crippen LogP contribution in [-0.4, -0.2) is 37.3 Å². The van der Waals surface area contributed by atoms with Crippen molar-refractivity contribution in [2.75, 3.05) is 6.54 Å². The van der Waals surface area contributed by atoms with Crippen LogP contribution >= 0.6 is 0 Å². The second-order valence-electron chi connectivity index (χ2n) is 6.90. The molecule has 0 saturated heterocycles. The minimum absolute atomic E-state index is 0.153. The number of hydrogen-bond acceptors (Lipinski definition) is 5. The molecule has 4 rings (SSSR count). The van der Waals surface area contributed by atoms with Crippen molar-refractivity contribution < 1.29 is 9.32 Å². The third kappa shape index (κ3) is 2.79. The molecule has 0 radical (unpaired) electrons. The van der Waals surface area contributed by atoms with E-state index in [1.807, 2.05) is 39.9 Å². The molecule has 7 heteroatoms. The van der Waals surface area contributed by atoms with Crippen molar-refractivity contribution in [1.29, 1.82) is 0 Å². The number of hydrogen-bond donors (Lipinski definition) is 0. The van der Waals surface area contributed by atoms with Gasteiger partial charge in [-0.15, -0.1) is 0 Å². The van der Waals surface area contributed by atoms with E-state index in [2.05, 4.69) is 24.1 Å². The lowest BCUT2D eigenvalue weighted by Crippen LogP contribution is -2.44. The quantitative estimate of drug-likeness (QED) is 0.725. The zero-order valence-electron chi connectivity index (χ0n) is 15.1. The first-order valence-corrected chi connectivity index (χ1v) is 8.79. The standard InChI is InChI=1S/C19H21N5O2/c1-12(2)16-18-20-17(14-7-5-4-6-8-14)21-24(18)10-9-23(16)19(25)15-11-13(3)22-26-15/h4-8,11-12,16H,9-10H2,1-3H3/t16-/m0/s1. The van der Waals surface area contributed by atoms with Gasteiger partial charge in [0.1, 0.15) is 0 Å². The Balaban J connectivity index is 1.71. The van der Waals surface area contributed by atoms with Gasteiger partial charge in [0.15, 0.2) is 11.6 Å². The zero-order valence-corrected chi connectivity index (χ0v) is 15.1. The summed E-state index contributed by atoms with van der Waals surface area (Å²) in [4.78, 5) is 19.5. The molecular weight excluding hydrogens is 330 g/mol. The molecule has 3 heterocycles. The minimum Gasteiger partial charge on any atom is -0.351 e. The predicted molar refractivity (Wildman–Crippen MR) is 95.3 cm³/mol. The topological polar surface area (TPSA) is 77.0 Å². The summed E-state index contributed by atoms with van der Waals surface area (Å²) in [5.41, 5.74) is 1.67. The molecule has 26 heavy (non-hydrogen) atoms. The van der Waals surface area contributed by atoms with E-state index < -0.39 is 0 Å². The molecule has 1 aromatic carbocycles. The molecule has 0 bridgehead atoms. The van der Waals surface area contributed by atoms with E-state index in [1.165, 1.54) is 0 Å². The van der Waals surface area contributed by atoms with Gasteiger partial charge in [-0.2, -0.15) is 5.10 Å². The van der Waals surface area contributed by atoms with Crippen LogP contribution in [0.1, 0.15) is 42.0 Å². The largest absolute Gasteiger partial charge is 0.351 e. The lowest BCUT2D eigenvalue weighted by Gasteiger charge is -2.36. The fourth-order valence-corrected chi connectivity index (χ4v) is 3.42. The van der Waals surface area contributed by atoms with Gasteiger partial charge in [-0.3, -0.25) is 4.79 Å². The minimum atomic E-state index is -0.161. The van der Waals surface area contributed by atoms with Crippen LogP contribution in [-0.2, 0) is 6.54 Å². The van der Waals surface area contributed by atoms with Crippen molar-refractivity contribution >= 4 is 5.91 Å². The maximum Gasteiger partial charge on any atom is 0.293 e. The van der Waals surface area contributed by atoms with Gasteiger partial charge in [-0.1, -0.05) is 49.3 Å². The predicted octanol–water partition coefficient (Wildman–Crippen LogP) is 3.09. The van der Waals surface area contributed by atoms with E-state index in [4.69, 9.17) is 9.51 Å². The van der Waals surface area contributed by atoms with Gasteiger partial charge in [-0.05, 0) is 12.8 Å². The van der Waals surface area contributed by atoms with Crippen molar-refractivity contribution in [1.82, 2.24) is 24.8 Å². The van der Waals surface area contributed by atoms with Crippen LogP contribution in [0.4, 0.5) is 0 Å². The molecule has 1 aliphatic rings. The molecule has 0 aliphatic carbocycles. The monoisotopic (exact) mass is 351 g/mol. The van der Waals surface area contributed by atoms with Crippen LogP contribution in [0.15, 0.2) is 40.9 Å². The number of rotatable bonds is 3. The molecule has 0 N–H and O–H groups in total. The van der Waals surface area contributed by atoms with Gasteiger partial charge < -0.3 is 9.42 Å². The molecule has 134 valence electrons. The summed E-state index contributed by atoms with van der Waals surface area (Å²) < 4.78 is 7.10. The Kier molecular flexibility index (Phi) is 4.06. The molecule has 2 aromatic heterocycles. The van der Waals surface area contributed by atoms with E-state index in [1.54, 1.807) is 13.0 Å². The highest BCUT2D eigenvalue weighted by molar-refractivity contribution is 5.91. The number of carbonyl (C=O) groups is 1. The number of nitrogens with zero attached hydrogens (tertiary/aromatic N) is 5. The maximum absolute atomic E-state index is 12.9. The van der Waals surface area contributed by atoms with Crippen LogP contribution < -0.4 is 0 Å². The van der Waals surface area contributed by atoms with Crippen molar-refractivity contribution in [3.63, 3.8) is 0 Å². The number of carbonyl (C=O) groups excluding carboxylic acids is 1. The summed E-state index contributed by atoms with van der Waals surface area (Å²) in [6.07, 6.45) is 0. The summed E-state index contributed by atoms with van der Waals surface area (Å²) in [6, 6.07) is 11.4. The molecule has 1 aliphatic heterocycles. The van der Waals surface area contributed by atoms with E-state index in [9.17, 15) is 4.79 Å². The van der Waals surface area contributed by atoms with Crippen molar-refractivity contribution in [3.8, 4) is 11.4 Å². The van der Waals surface area contributed by atoms with Crippen molar-refractivity contribution in [2.24, 2.45) is 5.92 Å². The van der Waals surface area contributed by atoms with Crippen LogP contribution in [0.5, 0.6) is 0 Å². The van der Waals surface area contributed by atoms with Crippen LogP contribution in [0.3, 0.4) is 0 Å². The van der Waals surface area contributed by atoms with Crippen LogP contribution in [0.2, 0.25) is 0 Å². The second-order valence-corrected chi connectivity index (χ2v) is 6.90. The van der Waals surface area contributed by atoms with Gasteiger partial charge in [-0.25, -0.2) is 9.67 Å². The molecule has 7 nitrogen and oxygen atoms in total. The van der Waals surface area contributed by atoms with Crippen LogP contribution in [0, 0.1) is 12.8 Å². The van der Waals surface area contributed by atoms with Crippen molar-refractivity contribution in [3.05, 3.63) is 53.7 Å². The van der Waals surface area contributed by atoms with Crippen LogP contribution in [0.25, 0.3) is 11.4 Å². The third-order valence-electron chi connectivity index (χ3n) is 4.62. The van der Waals surface area contributed by atoms with E-state index in [0.29, 0.717) is 24.6 Å². The molecule has 0 unspecified atom stereocenters. The molecule has 0 saturated carbocycles. The Morgan fingerprint density at radius 2 is 2.00 bits per heavy atom. The Hall–Kier alpha value is -2.96. The second kappa shape index (κ2) is 6.40. The van der Waals surface area contributed by atoms with E-state index in [0.717, 1.165) is 11.4 Å². The highest BCUT2D eigenvalue weighted by Gasteiger charge is 2.37. The first-order chi connectivity index (χ1) is 12.5. The molecule has 1 atom stereocenters. The molecule has 3 aromatic rings. The third-order valence-corrected chi connectivity index (χ3v) is 4.62. The summed E-state index contributed by atoms with van der Waals surface area (Å²) in [7, 11) is 0. The Bertz CT molecular complexity index is 929. The summed E-state index contributed by atoms with van der Waals surface area (Å²) in [6.45, 7) is 7.15. The van der Waals surface area contributed by atoms with E-state index in [-0.39, 0.29) is 23.6 Å².